The fourth-order valence-corrected chi connectivity index (χ4v) is 2.23. The van der Waals surface area contributed by atoms with E-state index in [0.29, 0.717) is 28.5 Å². The number of anilines is 3. The average molecular weight is 355 g/mol. The van der Waals surface area contributed by atoms with Gasteiger partial charge in [-0.05, 0) is 42.5 Å². The van der Waals surface area contributed by atoms with Crippen molar-refractivity contribution in [3.63, 3.8) is 0 Å². The number of halogens is 2. The lowest BCUT2D eigenvalue weighted by atomic mass is 10.2. The van der Waals surface area contributed by atoms with E-state index >= 15 is 0 Å². The number of benzene rings is 2. The molecule has 5 nitrogen and oxygen atoms in total. The van der Waals surface area contributed by atoms with Gasteiger partial charge in [-0.15, -0.1) is 0 Å². The predicted molar refractivity (Wildman–Crippen MR) is 94.8 cm³/mol. The summed E-state index contributed by atoms with van der Waals surface area (Å²) in [6, 6.07) is 13.5. The molecule has 2 aromatic carbocycles. The van der Waals surface area contributed by atoms with E-state index in [9.17, 15) is 13.6 Å². The molecule has 7 heteroatoms. The number of amides is 1. The second-order valence-corrected chi connectivity index (χ2v) is 5.37. The van der Waals surface area contributed by atoms with Gasteiger partial charge in [0.05, 0.1) is 19.0 Å². The quantitative estimate of drug-likeness (QED) is 0.714. The van der Waals surface area contributed by atoms with Gasteiger partial charge in [0.2, 0.25) is 0 Å². The van der Waals surface area contributed by atoms with Crippen molar-refractivity contribution >= 4 is 23.1 Å². The van der Waals surface area contributed by atoms with Gasteiger partial charge >= 0.3 is 0 Å². The first kappa shape index (κ1) is 17.3. The summed E-state index contributed by atoms with van der Waals surface area (Å²) in [5, 5.41) is 5.58. The van der Waals surface area contributed by atoms with Crippen LogP contribution in [0.25, 0.3) is 0 Å². The van der Waals surface area contributed by atoms with Crippen molar-refractivity contribution in [1.29, 1.82) is 0 Å². The Kier molecular flexibility index (Phi) is 5.07. The zero-order valence-electron chi connectivity index (χ0n) is 13.8. The van der Waals surface area contributed by atoms with E-state index in [4.69, 9.17) is 4.74 Å². The fraction of sp³-hybridized carbons (Fsp3) is 0.0526. The molecule has 1 heterocycles. The highest BCUT2D eigenvalue weighted by molar-refractivity contribution is 6.04. The summed E-state index contributed by atoms with van der Waals surface area (Å²) >= 11 is 0. The van der Waals surface area contributed by atoms with Crippen LogP contribution in [0.3, 0.4) is 0 Å². The lowest BCUT2D eigenvalue weighted by molar-refractivity contribution is 0.102. The Morgan fingerprint density at radius 3 is 2.50 bits per heavy atom. The number of carbonyl (C=O) groups excluding carboxylic acids is 1. The first-order valence-electron chi connectivity index (χ1n) is 7.69. The number of rotatable bonds is 5. The van der Waals surface area contributed by atoms with Gasteiger partial charge in [0, 0.05) is 17.3 Å². The Morgan fingerprint density at radius 2 is 1.81 bits per heavy atom. The lowest BCUT2D eigenvalue weighted by Gasteiger charge is -2.09. The normalized spacial score (nSPS) is 10.3. The van der Waals surface area contributed by atoms with E-state index in [-0.39, 0.29) is 5.91 Å². The van der Waals surface area contributed by atoms with Gasteiger partial charge in [0.1, 0.15) is 11.6 Å². The summed E-state index contributed by atoms with van der Waals surface area (Å²) in [5.74, 6) is -1.15. The molecular formula is C19H15F2N3O2. The molecule has 1 amide bonds. The van der Waals surface area contributed by atoms with E-state index in [1.54, 1.807) is 36.4 Å². The molecule has 1 aromatic heterocycles. The van der Waals surface area contributed by atoms with E-state index in [1.165, 1.54) is 19.4 Å². The first-order chi connectivity index (χ1) is 12.5. The second kappa shape index (κ2) is 7.60. The maximum atomic E-state index is 13.2. The maximum Gasteiger partial charge on any atom is 0.255 e. The molecule has 0 spiro atoms. The molecule has 0 bridgehead atoms. The van der Waals surface area contributed by atoms with E-state index < -0.39 is 11.6 Å². The zero-order valence-corrected chi connectivity index (χ0v) is 13.8. The molecular weight excluding hydrogens is 340 g/mol. The topological polar surface area (TPSA) is 63.2 Å². The maximum absolute atomic E-state index is 13.2. The smallest absolute Gasteiger partial charge is 0.255 e. The molecule has 0 radical (unpaired) electrons. The third-order valence-corrected chi connectivity index (χ3v) is 3.55. The number of nitrogens with zero attached hydrogens (tertiary/aromatic N) is 1. The fourth-order valence-electron chi connectivity index (χ4n) is 2.23. The van der Waals surface area contributed by atoms with Crippen LogP contribution >= 0.6 is 0 Å². The van der Waals surface area contributed by atoms with Crippen molar-refractivity contribution in [3.05, 3.63) is 78.0 Å². The van der Waals surface area contributed by atoms with Gasteiger partial charge in [0.15, 0.2) is 11.6 Å². The third kappa shape index (κ3) is 4.13. The number of aromatic nitrogens is 1. The predicted octanol–water partition coefficient (Wildman–Crippen LogP) is 4.36. The van der Waals surface area contributed by atoms with Crippen molar-refractivity contribution in [2.45, 2.75) is 0 Å². The number of hydrogen-bond donors (Lipinski definition) is 2. The lowest BCUT2D eigenvalue weighted by Crippen LogP contribution is -2.12. The van der Waals surface area contributed by atoms with Crippen molar-refractivity contribution in [3.8, 4) is 5.75 Å². The Morgan fingerprint density at radius 1 is 1.00 bits per heavy atom. The van der Waals surface area contributed by atoms with Crippen LogP contribution in [0.15, 0.2) is 60.8 Å². The van der Waals surface area contributed by atoms with Crippen LogP contribution in [0.5, 0.6) is 5.75 Å². The largest absolute Gasteiger partial charge is 0.497 e. The van der Waals surface area contributed by atoms with Gasteiger partial charge in [0.25, 0.3) is 5.91 Å². The summed E-state index contributed by atoms with van der Waals surface area (Å²) < 4.78 is 31.2. The molecule has 3 rings (SSSR count). The van der Waals surface area contributed by atoms with Crippen LogP contribution in [0.1, 0.15) is 10.4 Å². The molecule has 26 heavy (non-hydrogen) atoms. The summed E-state index contributed by atoms with van der Waals surface area (Å²) in [5.41, 5.74) is 1.31. The van der Waals surface area contributed by atoms with Crippen molar-refractivity contribution < 1.29 is 18.3 Å². The van der Waals surface area contributed by atoms with Crippen LogP contribution in [0.4, 0.5) is 26.0 Å². The molecule has 0 saturated heterocycles. The highest BCUT2D eigenvalue weighted by atomic mass is 19.2. The minimum absolute atomic E-state index is 0.299. The van der Waals surface area contributed by atoms with Crippen molar-refractivity contribution in [2.75, 3.05) is 17.7 Å². The van der Waals surface area contributed by atoms with Crippen LogP contribution in [0.2, 0.25) is 0 Å². The summed E-state index contributed by atoms with van der Waals surface area (Å²) in [6.45, 7) is 0. The molecule has 0 aliphatic rings. The molecule has 0 fully saturated rings. The molecule has 0 atom stereocenters. The number of ether oxygens (including phenoxy) is 1. The van der Waals surface area contributed by atoms with E-state index in [2.05, 4.69) is 15.6 Å². The minimum atomic E-state index is -0.947. The van der Waals surface area contributed by atoms with Gasteiger partial charge in [-0.1, -0.05) is 6.07 Å². The molecule has 0 aliphatic carbocycles. The number of pyridine rings is 1. The minimum Gasteiger partial charge on any atom is -0.497 e. The van der Waals surface area contributed by atoms with Crippen molar-refractivity contribution in [2.24, 2.45) is 0 Å². The highest BCUT2D eigenvalue weighted by Crippen LogP contribution is 2.19. The molecule has 0 saturated carbocycles. The number of carbonyl (C=O) groups is 1. The molecule has 132 valence electrons. The zero-order chi connectivity index (χ0) is 18.5. The van der Waals surface area contributed by atoms with Crippen LogP contribution in [0, 0.1) is 11.6 Å². The number of nitrogens with one attached hydrogen (secondary N) is 2. The van der Waals surface area contributed by atoms with E-state index in [0.717, 1.165) is 12.1 Å². The van der Waals surface area contributed by atoms with E-state index in [1.807, 2.05) is 0 Å². The number of hydrogen-bond acceptors (Lipinski definition) is 4. The van der Waals surface area contributed by atoms with Crippen LogP contribution in [-0.4, -0.2) is 18.0 Å². The average Bonchev–Trinajstić information content (AvgIpc) is 2.66. The Bertz CT molecular complexity index is 930. The Labute approximate surface area is 148 Å². The Hall–Kier alpha value is -3.48. The molecule has 3 aromatic rings. The third-order valence-electron chi connectivity index (χ3n) is 3.55. The Balaban J connectivity index is 1.67. The van der Waals surface area contributed by atoms with Gasteiger partial charge in [-0.25, -0.2) is 13.8 Å². The van der Waals surface area contributed by atoms with Crippen LogP contribution in [-0.2, 0) is 0 Å². The molecule has 2 N–H and O–H groups in total. The van der Waals surface area contributed by atoms with Crippen LogP contribution < -0.4 is 15.4 Å². The van der Waals surface area contributed by atoms with Gasteiger partial charge in [-0.2, -0.15) is 0 Å². The second-order valence-electron chi connectivity index (χ2n) is 5.37. The first-order valence-corrected chi connectivity index (χ1v) is 7.69. The van der Waals surface area contributed by atoms with Crippen molar-refractivity contribution in [1.82, 2.24) is 4.98 Å². The summed E-state index contributed by atoms with van der Waals surface area (Å²) in [4.78, 5) is 16.4. The molecule has 0 aliphatic heterocycles. The summed E-state index contributed by atoms with van der Waals surface area (Å²) in [7, 11) is 1.53. The monoisotopic (exact) mass is 355 g/mol. The highest BCUT2D eigenvalue weighted by Gasteiger charge is 2.08. The van der Waals surface area contributed by atoms with Gasteiger partial charge < -0.3 is 15.4 Å². The van der Waals surface area contributed by atoms with Gasteiger partial charge in [-0.3, -0.25) is 4.79 Å². The summed E-state index contributed by atoms with van der Waals surface area (Å²) in [6.07, 6.45) is 1.46. The molecule has 0 unspecified atom stereocenters. The standard InChI is InChI=1S/C19H15F2N3O2/c1-26-15-4-2-3-12(9-15)19(25)24-14-6-8-18(22-11-14)23-13-5-7-16(20)17(21)10-13/h2-11H,1H3,(H,22,23)(H,24,25). The SMILES string of the molecule is COc1cccc(C(=O)Nc2ccc(Nc3ccc(F)c(F)c3)nc2)c1. The number of methoxy groups -OCH3 is 1.